The summed E-state index contributed by atoms with van der Waals surface area (Å²) in [6, 6.07) is 19.5. The molecule has 0 saturated carbocycles. The Morgan fingerprint density at radius 1 is 0.975 bits per heavy atom. The number of benzene rings is 2. The molecule has 1 amide bonds. The monoisotopic (exact) mass is 567 g/mol. The molecule has 1 aliphatic rings. The van der Waals surface area contributed by atoms with E-state index >= 15 is 0 Å². The van der Waals surface area contributed by atoms with Crippen molar-refractivity contribution in [3.63, 3.8) is 0 Å². The van der Waals surface area contributed by atoms with Crippen LogP contribution in [0.5, 0.6) is 0 Å². The van der Waals surface area contributed by atoms with Crippen LogP contribution < -0.4 is 16.2 Å². The highest BCUT2D eigenvalue weighted by atomic mass is 19.4. The van der Waals surface area contributed by atoms with E-state index in [0.717, 1.165) is 56.3 Å². The smallest absolute Gasteiger partial charge is 0.430 e. The number of halogens is 3. The number of amides is 1. The molecule has 12 heteroatoms. The summed E-state index contributed by atoms with van der Waals surface area (Å²) >= 11 is 0. The number of nitrogens with zero attached hydrogens (tertiary/aromatic N) is 1. The maximum absolute atomic E-state index is 12.6. The maximum atomic E-state index is 12.6. The van der Waals surface area contributed by atoms with Gasteiger partial charge < -0.3 is 30.4 Å². The molecule has 1 aliphatic heterocycles. The van der Waals surface area contributed by atoms with Gasteiger partial charge in [0.1, 0.15) is 25.2 Å². The Kier molecular flexibility index (Phi) is 14.0. The molecule has 1 saturated heterocycles. The molecule has 9 nitrogen and oxygen atoms in total. The standard InChI is InChI=1S/C26H35N3O4.C2HF3O2/c27-23(14-7-8-16-28-26(31)33-20-22-12-5-2-6-13-22)18-29-17-9-15-24(29)25(30)32-19-21-10-3-1-4-11-21;3-2(4,5)1(6)7/h1-6,10-13,23-24H,7-9,14-20,27H2,(H,28,31);(H,6,7)/t23-,24-;/m0./s1. The van der Waals surface area contributed by atoms with Crippen LogP contribution in [0.25, 0.3) is 0 Å². The summed E-state index contributed by atoms with van der Waals surface area (Å²) < 4.78 is 42.3. The van der Waals surface area contributed by atoms with Crippen LogP contribution in [0.15, 0.2) is 60.7 Å². The van der Waals surface area contributed by atoms with E-state index in [1.54, 1.807) is 0 Å². The fourth-order valence-electron chi connectivity index (χ4n) is 4.08. The number of rotatable bonds is 12. The largest absolute Gasteiger partial charge is 0.542 e. The van der Waals surface area contributed by atoms with Crippen LogP contribution in [-0.4, -0.2) is 60.8 Å². The van der Waals surface area contributed by atoms with E-state index in [4.69, 9.17) is 19.4 Å². The molecule has 0 unspecified atom stereocenters. The summed E-state index contributed by atoms with van der Waals surface area (Å²) in [4.78, 5) is 35.4. The van der Waals surface area contributed by atoms with E-state index in [1.807, 2.05) is 60.7 Å². The van der Waals surface area contributed by atoms with E-state index in [9.17, 15) is 22.8 Å². The average molecular weight is 568 g/mol. The van der Waals surface area contributed by atoms with Crippen LogP contribution in [0.4, 0.5) is 18.0 Å². The number of aliphatic carboxylic acids is 1. The van der Waals surface area contributed by atoms with Crippen LogP contribution in [0.2, 0.25) is 0 Å². The molecule has 2 aromatic rings. The Morgan fingerprint density at radius 3 is 2.08 bits per heavy atom. The first-order valence-electron chi connectivity index (χ1n) is 13.1. The Morgan fingerprint density at radius 2 is 1.52 bits per heavy atom. The first kappa shape index (κ1) is 32.6. The third kappa shape index (κ3) is 12.9. The normalized spacial score (nSPS) is 15.8. The lowest BCUT2D eigenvalue weighted by molar-refractivity contribution is -0.423. The van der Waals surface area contributed by atoms with Crippen molar-refractivity contribution in [2.24, 2.45) is 0 Å². The number of carboxylic acid groups (broad SMARTS) is 1. The molecule has 2 atom stereocenters. The number of hydrogen-bond acceptors (Lipinski definition) is 7. The van der Waals surface area contributed by atoms with Crippen molar-refractivity contribution < 1.29 is 47.9 Å². The minimum atomic E-state index is -5.19. The number of unbranched alkanes of at least 4 members (excludes halogenated alkanes) is 1. The number of esters is 1. The highest BCUT2D eigenvalue weighted by Crippen LogP contribution is 2.19. The molecule has 0 radical (unpaired) electrons. The van der Waals surface area contributed by atoms with Gasteiger partial charge >= 0.3 is 18.2 Å². The Labute approximate surface area is 231 Å². The number of carboxylic acids is 1. The van der Waals surface area contributed by atoms with Crippen molar-refractivity contribution in [3.8, 4) is 0 Å². The molecule has 0 aliphatic carbocycles. The van der Waals surface area contributed by atoms with Crippen molar-refractivity contribution in [2.45, 2.75) is 63.6 Å². The third-order valence-electron chi connectivity index (χ3n) is 6.11. The molecule has 40 heavy (non-hydrogen) atoms. The van der Waals surface area contributed by atoms with Crippen molar-refractivity contribution in [1.29, 1.82) is 0 Å². The number of quaternary nitrogens is 1. The van der Waals surface area contributed by atoms with Crippen molar-refractivity contribution in [1.82, 2.24) is 10.2 Å². The summed E-state index contributed by atoms with van der Waals surface area (Å²) in [5.41, 5.74) is 6.25. The Balaban J connectivity index is 0.000000708. The predicted octanol–water partition coefficient (Wildman–Crippen LogP) is 2.20. The average Bonchev–Trinajstić information content (AvgIpc) is 3.39. The molecule has 0 bridgehead atoms. The Hall–Kier alpha value is -3.64. The first-order chi connectivity index (χ1) is 19.1. The van der Waals surface area contributed by atoms with E-state index in [0.29, 0.717) is 13.2 Å². The van der Waals surface area contributed by atoms with Crippen LogP contribution in [0.3, 0.4) is 0 Å². The number of alkyl halides is 3. The zero-order valence-electron chi connectivity index (χ0n) is 22.2. The maximum Gasteiger partial charge on any atom is 0.430 e. The van der Waals surface area contributed by atoms with Crippen molar-refractivity contribution >= 4 is 18.0 Å². The zero-order valence-corrected chi connectivity index (χ0v) is 22.2. The minimum Gasteiger partial charge on any atom is -0.542 e. The van der Waals surface area contributed by atoms with Gasteiger partial charge in [-0.1, -0.05) is 60.7 Å². The second kappa shape index (κ2) is 17.1. The third-order valence-corrected chi connectivity index (χ3v) is 6.11. The molecule has 1 fully saturated rings. The molecule has 4 N–H and O–H groups in total. The van der Waals surface area contributed by atoms with E-state index in [1.165, 1.54) is 0 Å². The second-order valence-corrected chi connectivity index (χ2v) is 9.38. The zero-order chi connectivity index (χ0) is 29.4. The van der Waals surface area contributed by atoms with E-state index in [-0.39, 0.29) is 30.8 Å². The van der Waals surface area contributed by atoms with Gasteiger partial charge in [-0.05, 0) is 43.4 Å². The van der Waals surface area contributed by atoms with E-state index in [2.05, 4.69) is 16.0 Å². The lowest BCUT2D eigenvalue weighted by atomic mass is 10.1. The molecular formula is C28H36F3N3O6. The summed E-state index contributed by atoms with van der Waals surface area (Å²) in [6.45, 7) is 2.87. The lowest BCUT2D eigenvalue weighted by Gasteiger charge is -2.24. The second-order valence-electron chi connectivity index (χ2n) is 9.38. The quantitative estimate of drug-likeness (QED) is 0.297. The highest BCUT2D eigenvalue weighted by molar-refractivity contribution is 5.76. The highest BCUT2D eigenvalue weighted by Gasteiger charge is 2.33. The minimum absolute atomic E-state index is 0.137. The summed E-state index contributed by atoms with van der Waals surface area (Å²) in [5, 5.41) is 11.6. The van der Waals surface area contributed by atoms with Gasteiger partial charge in [0.2, 0.25) is 0 Å². The molecule has 3 rings (SSSR count). The molecule has 220 valence electrons. The molecule has 0 spiro atoms. The van der Waals surface area contributed by atoms with Gasteiger partial charge in [-0.3, -0.25) is 9.69 Å². The number of carbonyl (C=O) groups is 3. The van der Waals surface area contributed by atoms with Gasteiger partial charge in [0.25, 0.3) is 0 Å². The molecule has 1 heterocycles. The number of alkyl carbamates (subject to hydrolysis) is 1. The molecular weight excluding hydrogens is 531 g/mol. The number of ether oxygens (including phenoxy) is 2. The van der Waals surface area contributed by atoms with Crippen LogP contribution >= 0.6 is 0 Å². The number of nitrogens with one attached hydrogen (secondary N) is 1. The molecule has 0 aromatic heterocycles. The van der Waals surface area contributed by atoms with Gasteiger partial charge in [-0.25, -0.2) is 4.79 Å². The number of likely N-dealkylation sites (tertiary alicyclic amines) is 1. The van der Waals surface area contributed by atoms with Crippen LogP contribution in [0, 0.1) is 0 Å². The summed E-state index contributed by atoms with van der Waals surface area (Å²) in [6.07, 6.45) is -0.955. The summed E-state index contributed by atoms with van der Waals surface area (Å²) in [5.74, 6) is -3.14. The molecule has 2 aromatic carbocycles. The Bertz CT molecular complexity index is 1040. The fraction of sp³-hybridized carbons (Fsp3) is 0.464. The van der Waals surface area contributed by atoms with Gasteiger partial charge in [-0.2, -0.15) is 13.2 Å². The van der Waals surface area contributed by atoms with Gasteiger partial charge in [0, 0.05) is 13.0 Å². The predicted molar refractivity (Wildman–Crippen MR) is 137 cm³/mol. The lowest BCUT2D eigenvalue weighted by Crippen LogP contribution is -2.65. The van der Waals surface area contributed by atoms with Gasteiger partial charge in [0.05, 0.1) is 12.6 Å². The number of carbonyl (C=O) groups excluding carboxylic acids is 3. The first-order valence-corrected chi connectivity index (χ1v) is 13.1. The van der Waals surface area contributed by atoms with Crippen LogP contribution in [-0.2, 0) is 32.3 Å². The summed E-state index contributed by atoms with van der Waals surface area (Å²) in [7, 11) is 0. The number of hydrogen-bond donors (Lipinski definition) is 2. The van der Waals surface area contributed by atoms with Gasteiger partial charge in [-0.15, -0.1) is 0 Å². The van der Waals surface area contributed by atoms with Crippen molar-refractivity contribution in [3.05, 3.63) is 71.8 Å². The fourth-order valence-corrected chi connectivity index (χ4v) is 4.08. The van der Waals surface area contributed by atoms with E-state index < -0.39 is 12.1 Å². The van der Waals surface area contributed by atoms with Gasteiger partial charge in [0.15, 0.2) is 0 Å². The SMILES string of the molecule is O=C([O-])C(F)(F)F.[NH3+][C@@H](CCCCNC(=O)OCc1ccccc1)CN1CCC[C@H]1C(=O)OCc1ccccc1. The van der Waals surface area contributed by atoms with Crippen molar-refractivity contribution in [2.75, 3.05) is 19.6 Å². The topological polar surface area (TPSA) is 136 Å². The van der Waals surface area contributed by atoms with Crippen LogP contribution in [0.1, 0.15) is 43.2 Å².